The van der Waals surface area contributed by atoms with Crippen molar-refractivity contribution >= 4 is 11.8 Å². The van der Waals surface area contributed by atoms with Crippen molar-refractivity contribution in [1.29, 1.82) is 0 Å². The monoisotopic (exact) mass is 408 g/mol. The second kappa shape index (κ2) is 10.1. The van der Waals surface area contributed by atoms with Gasteiger partial charge >= 0.3 is 11.7 Å². The number of aliphatic hydroxyl groups is 3. The van der Waals surface area contributed by atoms with Crippen molar-refractivity contribution in [2.75, 3.05) is 12.3 Å². The Hall–Kier alpha value is -2.83. The lowest BCUT2D eigenvalue weighted by Gasteiger charge is -2.16. The summed E-state index contributed by atoms with van der Waals surface area (Å²) in [6, 6.07) is 9.91. The molecule has 158 valence electrons. The summed E-state index contributed by atoms with van der Waals surface area (Å²) < 4.78 is 6.19. The van der Waals surface area contributed by atoms with Crippen LogP contribution in [0.2, 0.25) is 0 Å². The number of hydrogen-bond acceptors (Lipinski definition) is 9. The van der Waals surface area contributed by atoms with E-state index in [-0.39, 0.29) is 5.82 Å². The Morgan fingerprint density at radius 1 is 1.21 bits per heavy atom. The van der Waals surface area contributed by atoms with Crippen LogP contribution in [0, 0.1) is 0 Å². The molecule has 1 aliphatic rings. The number of anilines is 1. The maximum atomic E-state index is 11.5. The van der Waals surface area contributed by atoms with E-state index in [9.17, 15) is 19.8 Å². The van der Waals surface area contributed by atoms with E-state index in [1.807, 2.05) is 30.3 Å². The predicted octanol–water partition coefficient (Wildman–Crippen LogP) is -1.92. The number of carboxylic acids is 1. The molecule has 2 aromatic rings. The van der Waals surface area contributed by atoms with Crippen molar-refractivity contribution in [1.82, 2.24) is 9.55 Å². The Kier molecular flexibility index (Phi) is 7.82. The molecular weight excluding hydrogens is 384 g/mol. The molecule has 0 saturated carbocycles. The maximum Gasteiger partial charge on any atom is 0.351 e. The van der Waals surface area contributed by atoms with Gasteiger partial charge in [0.1, 0.15) is 30.2 Å². The van der Waals surface area contributed by atoms with Crippen molar-refractivity contribution in [3.63, 3.8) is 0 Å². The summed E-state index contributed by atoms with van der Waals surface area (Å²) in [7, 11) is 0. The van der Waals surface area contributed by atoms with Gasteiger partial charge in [-0.1, -0.05) is 30.3 Å². The summed E-state index contributed by atoms with van der Waals surface area (Å²) in [6.07, 6.45) is -2.88. The summed E-state index contributed by atoms with van der Waals surface area (Å²) in [5.74, 6) is -0.906. The predicted molar refractivity (Wildman–Crippen MR) is 102 cm³/mol. The van der Waals surface area contributed by atoms with Crippen LogP contribution in [0.1, 0.15) is 11.8 Å². The molecule has 1 aliphatic heterocycles. The molecule has 0 radical (unpaired) electrons. The largest absolute Gasteiger partial charge is 0.480 e. The lowest BCUT2D eigenvalue weighted by atomic mass is 10.1. The number of rotatable bonds is 5. The molecule has 1 aromatic heterocycles. The molecule has 11 nitrogen and oxygen atoms in total. The number of hydrogen-bond donors (Lipinski definition) is 6. The van der Waals surface area contributed by atoms with Crippen molar-refractivity contribution < 1.29 is 30.0 Å². The Bertz CT molecular complexity index is 861. The van der Waals surface area contributed by atoms with Gasteiger partial charge in [-0.15, -0.1) is 0 Å². The molecule has 5 atom stereocenters. The van der Waals surface area contributed by atoms with Gasteiger partial charge in [0.15, 0.2) is 6.23 Å². The highest BCUT2D eigenvalue weighted by atomic mass is 16.6. The maximum absolute atomic E-state index is 11.5. The smallest absolute Gasteiger partial charge is 0.351 e. The van der Waals surface area contributed by atoms with E-state index in [1.165, 1.54) is 12.3 Å². The number of aliphatic hydroxyl groups excluding tert-OH is 3. The van der Waals surface area contributed by atoms with Crippen LogP contribution in [0.25, 0.3) is 0 Å². The SMILES string of the molecule is NC(Cc1ccccc1)C(=O)O.Nc1ccn([C@@H]2O[C@H](CO)[C@@H](O)[C@H]2O)c(=O)n1. The fraction of sp³-hybridized carbons (Fsp3) is 0.389. The molecule has 29 heavy (non-hydrogen) atoms. The Morgan fingerprint density at radius 3 is 2.38 bits per heavy atom. The van der Waals surface area contributed by atoms with Crippen LogP contribution in [0.5, 0.6) is 0 Å². The van der Waals surface area contributed by atoms with Gasteiger partial charge in [0.05, 0.1) is 6.61 Å². The lowest BCUT2D eigenvalue weighted by molar-refractivity contribution is -0.138. The quantitative estimate of drug-likeness (QED) is 0.324. The lowest BCUT2D eigenvalue weighted by Crippen LogP contribution is -2.36. The standard InChI is InChI=1S/C9H13N3O5.C9H11NO2/c10-5-1-2-12(9(16)11-5)8-7(15)6(14)4(3-13)17-8;10-8(9(11)12)6-7-4-2-1-3-5-7/h1-2,4,6-8,13-15H,3H2,(H2,10,11,16);1-5,8H,6,10H2,(H,11,12)/t4-,6-,7-,8-;/m1./s1. The van der Waals surface area contributed by atoms with Crippen LogP contribution in [0.15, 0.2) is 47.4 Å². The molecule has 0 aliphatic carbocycles. The third kappa shape index (κ3) is 5.82. The van der Waals surface area contributed by atoms with Crippen LogP contribution in [0.3, 0.4) is 0 Å². The first-order chi connectivity index (χ1) is 13.7. The summed E-state index contributed by atoms with van der Waals surface area (Å²) >= 11 is 0. The molecule has 1 aromatic carbocycles. The number of nitrogens with zero attached hydrogens (tertiary/aromatic N) is 2. The molecule has 1 fully saturated rings. The van der Waals surface area contributed by atoms with Crippen LogP contribution in [0.4, 0.5) is 5.82 Å². The van der Waals surface area contributed by atoms with Gasteiger partial charge in [-0.25, -0.2) is 4.79 Å². The molecule has 0 spiro atoms. The summed E-state index contributed by atoms with van der Waals surface area (Å²) in [5.41, 5.74) is 10.9. The first-order valence-corrected chi connectivity index (χ1v) is 8.74. The van der Waals surface area contributed by atoms with Crippen molar-refractivity contribution in [2.45, 2.75) is 37.0 Å². The van der Waals surface area contributed by atoms with Crippen LogP contribution < -0.4 is 17.2 Å². The van der Waals surface area contributed by atoms with Gasteiger partial charge in [0.25, 0.3) is 0 Å². The molecule has 1 unspecified atom stereocenters. The van der Waals surface area contributed by atoms with E-state index < -0.39 is 48.8 Å². The van der Waals surface area contributed by atoms with Gasteiger partial charge in [-0.3, -0.25) is 9.36 Å². The number of aromatic nitrogens is 2. The van der Waals surface area contributed by atoms with Gasteiger partial charge in [0.2, 0.25) is 0 Å². The fourth-order valence-corrected chi connectivity index (χ4v) is 2.68. The van der Waals surface area contributed by atoms with Gasteiger partial charge in [0, 0.05) is 6.20 Å². The first-order valence-electron chi connectivity index (χ1n) is 8.74. The van der Waals surface area contributed by atoms with Gasteiger partial charge < -0.3 is 36.6 Å². The molecule has 2 heterocycles. The number of carboxylic acid groups (broad SMARTS) is 1. The average molecular weight is 408 g/mol. The third-order valence-corrected chi connectivity index (χ3v) is 4.26. The Morgan fingerprint density at radius 2 is 1.86 bits per heavy atom. The van der Waals surface area contributed by atoms with Crippen molar-refractivity contribution in [2.24, 2.45) is 5.73 Å². The van der Waals surface area contributed by atoms with Crippen LogP contribution >= 0.6 is 0 Å². The zero-order valence-electron chi connectivity index (χ0n) is 15.4. The topological polar surface area (TPSA) is 194 Å². The number of aliphatic carboxylic acids is 1. The number of nitrogens with two attached hydrogens (primary N) is 2. The van der Waals surface area contributed by atoms with Crippen LogP contribution in [-0.2, 0) is 16.0 Å². The highest BCUT2D eigenvalue weighted by molar-refractivity contribution is 5.73. The van der Waals surface area contributed by atoms with Crippen molar-refractivity contribution in [3.05, 3.63) is 58.6 Å². The highest BCUT2D eigenvalue weighted by Crippen LogP contribution is 2.27. The van der Waals surface area contributed by atoms with Crippen LogP contribution in [-0.4, -0.2) is 66.9 Å². The number of ether oxygens (including phenoxy) is 1. The number of carbonyl (C=O) groups is 1. The Labute approximate surface area is 165 Å². The van der Waals surface area contributed by atoms with E-state index in [4.69, 9.17) is 26.4 Å². The highest BCUT2D eigenvalue weighted by Gasteiger charge is 2.43. The second-order valence-corrected chi connectivity index (χ2v) is 6.41. The second-order valence-electron chi connectivity index (χ2n) is 6.41. The van der Waals surface area contributed by atoms with E-state index in [0.29, 0.717) is 6.42 Å². The number of nitrogen functional groups attached to an aromatic ring is 1. The molecule has 11 heteroatoms. The van der Waals surface area contributed by atoms with E-state index in [0.717, 1.165) is 10.1 Å². The zero-order valence-corrected chi connectivity index (χ0v) is 15.4. The molecular formula is C18H24N4O7. The van der Waals surface area contributed by atoms with E-state index in [1.54, 1.807) is 0 Å². The van der Waals surface area contributed by atoms with Gasteiger partial charge in [-0.05, 0) is 18.1 Å². The summed E-state index contributed by atoms with van der Waals surface area (Å²) in [5, 5.41) is 36.7. The molecule has 3 rings (SSSR count). The normalized spacial score (nSPS) is 24.4. The van der Waals surface area contributed by atoms with E-state index >= 15 is 0 Å². The third-order valence-electron chi connectivity index (χ3n) is 4.26. The number of benzene rings is 1. The zero-order chi connectivity index (χ0) is 21.6. The minimum atomic E-state index is -1.31. The molecule has 0 bridgehead atoms. The minimum absolute atomic E-state index is 0.0537. The first kappa shape index (κ1) is 22.5. The molecule has 8 N–H and O–H groups in total. The molecule has 0 amide bonds. The van der Waals surface area contributed by atoms with E-state index in [2.05, 4.69) is 4.98 Å². The van der Waals surface area contributed by atoms with Gasteiger partial charge in [-0.2, -0.15) is 4.98 Å². The Balaban J connectivity index is 0.000000221. The summed E-state index contributed by atoms with van der Waals surface area (Å²) in [6.45, 7) is -0.453. The fourth-order valence-electron chi connectivity index (χ4n) is 2.68. The van der Waals surface area contributed by atoms with Crippen molar-refractivity contribution in [3.8, 4) is 0 Å². The average Bonchev–Trinajstić information content (AvgIpc) is 2.97. The summed E-state index contributed by atoms with van der Waals surface area (Å²) in [4.78, 5) is 25.4. The molecule has 1 saturated heterocycles. The minimum Gasteiger partial charge on any atom is -0.480 e.